The molecule has 0 saturated heterocycles. The fraction of sp³-hybridized carbons (Fsp3) is 0.522. The topological polar surface area (TPSA) is 22.1 Å². The molecule has 142 valence electrons. The van der Waals surface area contributed by atoms with E-state index in [0.29, 0.717) is 6.61 Å². The van der Waals surface area contributed by atoms with Gasteiger partial charge in [0.05, 0.1) is 0 Å². The van der Waals surface area contributed by atoms with Gasteiger partial charge in [0.1, 0.15) is 17.4 Å². The second-order valence-electron chi connectivity index (χ2n) is 6.74. The molecule has 0 aliphatic heterocycles. The Morgan fingerprint density at radius 2 is 1.69 bits per heavy atom. The number of hydrogen-bond donors (Lipinski definition) is 0. The van der Waals surface area contributed by atoms with Crippen molar-refractivity contribution in [2.45, 2.75) is 71.6 Å². The number of benzene rings is 1. The highest BCUT2D eigenvalue weighted by Gasteiger charge is 2.05. The molecule has 0 spiro atoms. The smallest absolute Gasteiger partial charge is 0.123 e. The van der Waals surface area contributed by atoms with Gasteiger partial charge in [0, 0.05) is 16.6 Å². The largest absolute Gasteiger partial charge is 0.490 e. The van der Waals surface area contributed by atoms with Gasteiger partial charge in [-0.2, -0.15) is 0 Å². The van der Waals surface area contributed by atoms with Crippen molar-refractivity contribution in [1.82, 2.24) is 4.98 Å². The standard InChI is InChI=1S/C23H33NOS/c1-3-5-7-9-10-11-13-22-19-24-23(26-22)20-14-16-21(17-15-20)25-18-12-8-6-4-2/h8,12,14-17,19H,3-7,9-11,13,18H2,1-2H3. The van der Waals surface area contributed by atoms with E-state index >= 15 is 0 Å². The summed E-state index contributed by atoms with van der Waals surface area (Å²) in [6.07, 6.45) is 17.8. The number of unbranched alkanes of at least 4 members (excludes halogenated alkanes) is 6. The normalized spacial score (nSPS) is 11.3. The Bertz CT molecular complexity index is 630. The Balaban J connectivity index is 1.75. The molecule has 0 aliphatic rings. The molecule has 26 heavy (non-hydrogen) atoms. The van der Waals surface area contributed by atoms with E-state index in [1.54, 1.807) is 0 Å². The van der Waals surface area contributed by atoms with Crippen LogP contribution in [0.15, 0.2) is 42.6 Å². The third-order valence-electron chi connectivity index (χ3n) is 4.40. The van der Waals surface area contributed by atoms with E-state index in [9.17, 15) is 0 Å². The Morgan fingerprint density at radius 3 is 2.46 bits per heavy atom. The average Bonchev–Trinajstić information content (AvgIpc) is 3.14. The Kier molecular flexibility index (Phi) is 10.1. The van der Waals surface area contributed by atoms with Crippen LogP contribution in [-0.2, 0) is 6.42 Å². The molecule has 2 nitrogen and oxygen atoms in total. The molecule has 0 fully saturated rings. The summed E-state index contributed by atoms with van der Waals surface area (Å²) >= 11 is 1.82. The molecule has 3 heteroatoms. The molecule has 2 aromatic rings. The van der Waals surface area contributed by atoms with Gasteiger partial charge < -0.3 is 4.74 Å². The summed E-state index contributed by atoms with van der Waals surface area (Å²) < 4.78 is 5.74. The molecule has 1 aromatic carbocycles. The lowest BCUT2D eigenvalue weighted by Crippen LogP contribution is -1.92. The average molecular weight is 372 g/mol. The van der Waals surface area contributed by atoms with E-state index in [-0.39, 0.29) is 0 Å². The van der Waals surface area contributed by atoms with Crippen molar-refractivity contribution >= 4 is 11.3 Å². The van der Waals surface area contributed by atoms with Crippen molar-refractivity contribution in [3.05, 3.63) is 47.5 Å². The van der Waals surface area contributed by atoms with Gasteiger partial charge in [-0.15, -0.1) is 11.3 Å². The summed E-state index contributed by atoms with van der Waals surface area (Å²) in [4.78, 5) is 6.01. The number of nitrogens with zero attached hydrogens (tertiary/aromatic N) is 1. The first-order valence-electron chi connectivity index (χ1n) is 10.2. The molecule has 1 aromatic heterocycles. The van der Waals surface area contributed by atoms with E-state index in [0.717, 1.165) is 23.6 Å². The summed E-state index contributed by atoms with van der Waals surface area (Å²) in [7, 11) is 0. The lowest BCUT2D eigenvalue weighted by atomic mass is 10.1. The third kappa shape index (κ3) is 7.74. The molecule has 2 rings (SSSR count). The summed E-state index contributed by atoms with van der Waals surface area (Å²) in [5, 5.41) is 1.11. The van der Waals surface area contributed by atoms with Crippen LogP contribution in [0.25, 0.3) is 10.6 Å². The van der Waals surface area contributed by atoms with Gasteiger partial charge in [-0.05, 0) is 43.5 Å². The van der Waals surface area contributed by atoms with Crippen LogP contribution in [0.1, 0.15) is 70.1 Å². The van der Waals surface area contributed by atoms with Crippen LogP contribution in [0.2, 0.25) is 0 Å². The minimum atomic E-state index is 0.638. The number of rotatable bonds is 13. The fourth-order valence-corrected chi connectivity index (χ4v) is 3.79. The van der Waals surface area contributed by atoms with Crippen LogP contribution in [-0.4, -0.2) is 11.6 Å². The molecule has 0 atom stereocenters. The fourth-order valence-electron chi connectivity index (χ4n) is 2.83. The zero-order valence-electron chi connectivity index (χ0n) is 16.4. The minimum Gasteiger partial charge on any atom is -0.490 e. The SMILES string of the molecule is CCCC=CCOc1ccc(-c2ncc(CCCCCCCC)s2)cc1. The summed E-state index contributed by atoms with van der Waals surface area (Å²) in [5.74, 6) is 0.916. The molecule has 0 amide bonds. The zero-order chi connectivity index (χ0) is 18.5. The molecule has 1 heterocycles. The monoisotopic (exact) mass is 371 g/mol. The van der Waals surface area contributed by atoms with Crippen molar-refractivity contribution in [1.29, 1.82) is 0 Å². The van der Waals surface area contributed by atoms with Crippen molar-refractivity contribution in [2.75, 3.05) is 6.61 Å². The van der Waals surface area contributed by atoms with Crippen LogP contribution in [0.5, 0.6) is 5.75 Å². The second-order valence-corrected chi connectivity index (χ2v) is 7.86. The van der Waals surface area contributed by atoms with E-state index in [2.05, 4.69) is 49.3 Å². The predicted octanol–water partition coefficient (Wildman–Crippen LogP) is 7.45. The van der Waals surface area contributed by atoms with Crippen LogP contribution >= 0.6 is 11.3 Å². The first-order valence-corrected chi connectivity index (χ1v) is 11.0. The molecule has 0 bridgehead atoms. The van der Waals surface area contributed by atoms with Gasteiger partial charge >= 0.3 is 0 Å². The molecule has 0 saturated carbocycles. The maximum absolute atomic E-state index is 5.74. The van der Waals surface area contributed by atoms with Crippen LogP contribution < -0.4 is 4.74 Å². The summed E-state index contributed by atoms with van der Waals surface area (Å²) in [5.41, 5.74) is 1.18. The quantitative estimate of drug-likeness (QED) is 0.269. The Labute approximate surface area is 163 Å². The van der Waals surface area contributed by atoms with Gasteiger partial charge in [-0.3, -0.25) is 0 Å². The Hall–Kier alpha value is -1.61. The second kappa shape index (κ2) is 12.7. The highest BCUT2D eigenvalue weighted by atomic mass is 32.1. The first kappa shape index (κ1) is 20.7. The van der Waals surface area contributed by atoms with Gasteiger partial charge in [-0.1, -0.05) is 64.5 Å². The Morgan fingerprint density at radius 1 is 0.923 bits per heavy atom. The van der Waals surface area contributed by atoms with Crippen molar-refractivity contribution < 1.29 is 4.74 Å². The molecule has 0 N–H and O–H groups in total. The third-order valence-corrected chi connectivity index (χ3v) is 5.51. The first-order chi connectivity index (χ1) is 12.8. The van der Waals surface area contributed by atoms with E-state index in [4.69, 9.17) is 4.74 Å². The van der Waals surface area contributed by atoms with E-state index in [1.165, 1.54) is 55.4 Å². The lowest BCUT2D eigenvalue weighted by Gasteiger charge is -2.03. The van der Waals surface area contributed by atoms with Crippen LogP contribution in [0.3, 0.4) is 0 Å². The lowest BCUT2D eigenvalue weighted by molar-refractivity contribution is 0.362. The molecule has 0 aliphatic carbocycles. The predicted molar refractivity (Wildman–Crippen MR) is 114 cm³/mol. The van der Waals surface area contributed by atoms with Gasteiger partial charge in [0.25, 0.3) is 0 Å². The highest BCUT2D eigenvalue weighted by molar-refractivity contribution is 7.15. The van der Waals surface area contributed by atoms with Gasteiger partial charge in [0.15, 0.2) is 0 Å². The minimum absolute atomic E-state index is 0.638. The highest BCUT2D eigenvalue weighted by Crippen LogP contribution is 2.27. The van der Waals surface area contributed by atoms with Crippen molar-refractivity contribution in [3.63, 3.8) is 0 Å². The van der Waals surface area contributed by atoms with E-state index in [1.807, 2.05) is 23.5 Å². The molecule has 0 unspecified atom stereocenters. The number of ether oxygens (including phenoxy) is 1. The molecular weight excluding hydrogens is 338 g/mol. The molecule has 0 radical (unpaired) electrons. The maximum Gasteiger partial charge on any atom is 0.123 e. The van der Waals surface area contributed by atoms with Crippen molar-refractivity contribution in [3.8, 4) is 16.3 Å². The number of thiazole rings is 1. The summed E-state index contributed by atoms with van der Waals surface area (Å²) in [6.45, 7) is 5.09. The zero-order valence-corrected chi connectivity index (χ0v) is 17.2. The van der Waals surface area contributed by atoms with Crippen LogP contribution in [0.4, 0.5) is 0 Å². The number of hydrogen-bond acceptors (Lipinski definition) is 3. The number of aromatic nitrogens is 1. The van der Waals surface area contributed by atoms with Gasteiger partial charge in [-0.25, -0.2) is 4.98 Å². The van der Waals surface area contributed by atoms with Gasteiger partial charge in [0.2, 0.25) is 0 Å². The number of aryl methyl sites for hydroxylation is 1. The van der Waals surface area contributed by atoms with E-state index < -0.39 is 0 Å². The van der Waals surface area contributed by atoms with Crippen LogP contribution in [0, 0.1) is 0 Å². The number of allylic oxidation sites excluding steroid dienone is 1. The summed E-state index contributed by atoms with van der Waals surface area (Å²) in [6, 6.07) is 8.30. The van der Waals surface area contributed by atoms with Crippen molar-refractivity contribution in [2.24, 2.45) is 0 Å². The maximum atomic E-state index is 5.74. The molecular formula is C23H33NOS.